The highest BCUT2D eigenvalue weighted by Gasteiger charge is 2.21. The number of nitrogens with two attached hydrogens (primary N) is 1. The zero-order valence-corrected chi connectivity index (χ0v) is 8.88. The number of Topliss-reactive ketones (excluding diaryl/α,β-unsaturated/α-hetero) is 1. The molecular formula is C11H11NO5. The Hall–Kier alpha value is -2.08. The number of ketones is 1. The molecule has 0 aliphatic carbocycles. The molecule has 17 heavy (non-hydrogen) atoms. The number of carbonyl (C=O) groups is 2. The Morgan fingerprint density at radius 3 is 3.06 bits per heavy atom. The molecule has 1 atom stereocenters. The molecule has 0 saturated carbocycles. The molecule has 0 radical (unpaired) electrons. The van der Waals surface area contributed by atoms with Gasteiger partial charge in [0, 0.05) is 6.07 Å². The highest BCUT2D eigenvalue weighted by molar-refractivity contribution is 6.02. The van der Waals surface area contributed by atoms with E-state index in [0.717, 1.165) is 0 Å². The summed E-state index contributed by atoms with van der Waals surface area (Å²) in [5, 5.41) is 8.58. The molecule has 0 bridgehead atoms. The first-order chi connectivity index (χ1) is 8.08. The lowest BCUT2D eigenvalue weighted by molar-refractivity contribution is -0.139. The van der Waals surface area contributed by atoms with E-state index in [-0.39, 0.29) is 19.0 Å². The maximum Gasteiger partial charge on any atom is 0.324 e. The molecule has 1 heterocycles. The Morgan fingerprint density at radius 2 is 2.35 bits per heavy atom. The second-order valence-electron chi connectivity index (χ2n) is 3.63. The molecule has 0 fully saturated rings. The average molecular weight is 237 g/mol. The molecule has 6 heteroatoms. The highest BCUT2D eigenvalue weighted by Crippen LogP contribution is 2.29. The smallest absolute Gasteiger partial charge is 0.324 e. The molecule has 0 aromatic heterocycles. The minimum atomic E-state index is -1.13. The maximum absolute atomic E-state index is 11.3. The molecule has 0 amide bonds. The maximum atomic E-state index is 11.3. The van der Waals surface area contributed by atoms with Crippen LogP contribution in [0, 0.1) is 0 Å². The van der Waals surface area contributed by atoms with Crippen molar-refractivity contribution in [3.63, 3.8) is 0 Å². The van der Waals surface area contributed by atoms with Gasteiger partial charge in [-0.05, 0) is 12.1 Å². The monoisotopic (exact) mass is 237 g/mol. The lowest BCUT2D eigenvalue weighted by atomic mass is 10.1. The molecule has 3 N–H and O–H groups in total. The molecule has 1 aliphatic heterocycles. The van der Waals surface area contributed by atoms with Crippen LogP contribution < -0.4 is 15.2 Å². The number of fused-ring (bicyclic) bond motifs is 1. The van der Waals surface area contributed by atoms with Crippen molar-refractivity contribution in [1.29, 1.82) is 0 Å². The van der Waals surface area contributed by atoms with Gasteiger partial charge < -0.3 is 20.3 Å². The fraction of sp³-hybridized carbons (Fsp3) is 0.273. The summed E-state index contributed by atoms with van der Waals surface area (Å²) in [4.78, 5) is 21.7. The Balaban J connectivity index is 2.04. The van der Waals surface area contributed by atoms with Gasteiger partial charge in [-0.3, -0.25) is 9.59 Å². The number of hydrogen-bond donors (Lipinski definition) is 2. The van der Waals surface area contributed by atoms with Gasteiger partial charge in [-0.2, -0.15) is 0 Å². The quantitative estimate of drug-likeness (QED) is 0.767. The zero-order chi connectivity index (χ0) is 12.4. The topological polar surface area (TPSA) is 98.9 Å². The molecule has 1 aliphatic rings. The van der Waals surface area contributed by atoms with E-state index in [0.29, 0.717) is 17.1 Å². The molecule has 1 aromatic carbocycles. The van der Waals surface area contributed by atoms with Gasteiger partial charge in [-0.15, -0.1) is 0 Å². The Kier molecular flexibility index (Phi) is 2.97. The number of aliphatic carboxylic acids is 1. The van der Waals surface area contributed by atoms with Crippen molar-refractivity contribution in [3.8, 4) is 11.5 Å². The van der Waals surface area contributed by atoms with Crippen LogP contribution in [0.15, 0.2) is 18.2 Å². The SMILES string of the molecule is NC(COc1ccc2c(c1)OCC2=O)C(=O)O. The number of benzene rings is 1. The Bertz CT molecular complexity index is 471. The number of hydrogen-bond acceptors (Lipinski definition) is 5. The first-order valence-electron chi connectivity index (χ1n) is 4.99. The van der Waals surface area contributed by atoms with Crippen LogP contribution >= 0.6 is 0 Å². The standard InChI is InChI=1S/C11H11NO5/c12-8(11(14)15)4-16-6-1-2-7-9(13)5-17-10(7)3-6/h1-3,8H,4-5,12H2,(H,14,15). The van der Waals surface area contributed by atoms with Crippen LogP contribution in [0.25, 0.3) is 0 Å². The van der Waals surface area contributed by atoms with Crippen molar-refractivity contribution in [1.82, 2.24) is 0 Å². The van der Waals surface area contributed by atoms with Gasteiger partial charge in [0.25, 0.3) is 0 Å². The average Bonchev–Trinajstić information content (AvgIpc) is 2.67. The lowest BCUT2D eigenvalue weighted by Crippen LogP contribution is -2.36. The van der Waals surface area contributed by atoms with Gasteiger partial charge in [-0.25, -0.2) is 0 Å². The van der Waals surface area contributed by atoms with Crippen molar-refractivity contribution >= 4 is 11.8 Å². The number of rotatable bonds is 4. The molecular weight excluding hydrogens is 226 g/mol. The van der Waals surface area contributed by atoms with Gasteiger partial charge in [0.1, 0.15) is 24.1 Å². The molecule has 2 rings (SSSR count). The highest BCUT2D eigenvalue weighted by atomic mass is 16.5. The summed E-state index contributed by atoms with van der Waals surface area (Å²) in [6, 6.07) is 3.65. The van der Waals surface area contributed by atoms with E-state index >= 15 is 0 Å². The lowest BCUT2D eigenvalue weighted by Gasteiger charge is -2.09. The predicted octanol–water partition coefficient (Wildman–Crippen LogP) is 0.0524. The van der Waals surface area contributed by atoms with E-state index in [9.17, 15) is 9.59 Å². The van der Waals surface area contributed by atoms with E-state index in [1.807, 2.05) is 0 Å². The van der Waals surface area contributed by atoms with Gasteiger partial charge in [0.15, 0.2) is 6.61 Å². The minimum Gasteiger partial charge on any atom is -0.491 e. The summed E-state index contributed by atoms with van der Waals surface area (Å²) in [5.41, 5.74) is 5.80. The third-order valence-electron chi connectivity index (χ3n) is 2.36. The largest absolute Gasteiger partial charge is 0.491 e. The third kappa shape index (κ3) is 2.36. The number of ether oxygens (including phenoxy) is 2. The van der Waals surface area contributed by atoms with E-state index in [2.05, 4.69) is 0 Å². The number of carbonyl (C=O) groups excluding carboxylic acids is 1. The van der Waals surface area contributed by atoms with Gasteiger partial charge in [0.05, 0.1) is 5.56 Å². The molecule has 0 spiro atoms. The van der Waals surface area contributed by atoms with E-state index in [1.165, 1.54) is 0 Å². The summed E-state index contributed by atoms with van der Waals surface area (Å²) in [5.74, 6) is -0.321. The zero-order valence-electron chi connectivity index (χ0n) is 8.88. The summed E-state index contributed by atoms with van der Waals surface area (Å²) in [6.07, 6.45) is 0. The van der Waals surface area contributed by atoms with Crippen LogP contribution in [0.4, 0.5) is 0 Å². The molecule has 0 saturated heterocycles. The van der Waals surface area contributed by atoms with E-state index in [4.69, 9.17) is 20.3 Å². The first-order valence-corrected chi connectivity index (χ1v) is 4.99. The molecule has 90 valence electrons. The normalized spacial score (nSPS) is 15.0. The van der Waals surface area contributed by atoms with E-state index < -0.39 is 12.0 Å². The summed E-state index contributed by atoms with van der Waals surface area (Å²) in [6.45, 7) is -0.102. The summed E-state index contributed by atoms with van der Waals surface area (Å²) in [7, 11) is 0. The Morgan fingerprint density at radius 1 is 1.59 bits per heavy atom. The predicted molar refractivity (Wildman–Crippen MR) is 57.4 cm³/mol. The van der Waals surface area contributed by atoms with Gasteiger partial charge in [0.2, 0.25) is 5.78 Å². The van der Waals surface area contributed by atoms with Crippen LogP contribution in [-0.2, 0) is 4.79 Å². The van der Waals surface area contributed by atoms with Crippen molar-refractivity contribution in [2.24, 2.45) is 5.73 Å². The second kappa shape index (κ2) is 4.42. The van der Waals surface area contributed by atoms with Crippen molar-refractivity contribution in [3.05, 3.63) is 23.8 Å². The van der Waals surface area contributed by atoms with Crippen LogP contribution in [0.1, 0.15) is 10.4 Å². The Labute approximate surface area is 96.9 Å². The number of carboxylic acid groups (broad SMARTS) is 1. The van der Waals surface area contributed by atoms with Crippen molar-refractivity contribution in [2.75, 3.05) is 13.2 Å². The van der Waals surface area contributed by atoms with Crippen molar-refractivity contribution < 1.29 is 24.2 Å². The minimum absolute atomic E-state index is 0.0351. The number of carboxylic acids is 1. The van der Waals surface area contributed by atoms with Crippen LogP contribution in [0.5, 0.6) is 11.5 Å². The molecule has 1 aromatic rings. The molecule has 1 unspecified atom stereocenters. The van der Waals surface area contributed by atoms with Gasteiger partial charge >= 0.3 is 5.97 Å². The van der Waals surface area contributed by atoms with Crippen LogP contribution in [0.2, 0.25) is 0 Å². The van der Waals surface area contributed by atoms with E-state index in [1.54, 1.807) is 18.2 Å². The third-order valence-corrected chi connectivity index (χ3v) is 2.36. The van der Waals surface area contributed by atoms with Gasteiger partial charge in [-0.1, -0.05) is 0 Å². The van der Waals surface area contributed by atoms with Crippen molar-refractivity contribution in [2.45, 2.75) is 6.04 Å². The van der Waals surface area contributed by atoms with Crippen LogP contribution in [-0.4, -0.2) is 36.1 Å². The van der Waals surface area contributed by atoms with Crippen LogP contribution in [0.3, 0.4) is 0 Å². The second-order valence-corrected chi connectivity index (χ2v) is 3.63. The summed E-state index contributed by atoms with van der Waals surface area (Å²) < 4.78 is 10.3. The summed E-state index contributed by atoms with van der Waals surface area (Å²) >= 11 is 0. The fourth-order valence-electron chi connectivity index (χ4n) is 1.42. The molecule has 6 nitrogen and oxygen atoms in total. The fourth-order valence-corrected chi connectivity index (χ4v) is 1.42. The first kappa shape index (κ1) is 11.4.